The van der Waals surface area contributed by atoms with Gasteiger partial charge in [-0.05, 0) is 18.1 Å². The summed E-state index contributed by atoms with van der Waals surface area (Å²) in [6.07, 6.45) is 0. The molecule has 0 fully saturated rings. The van der Waals surface area contributed by atoms with E-state index in [1.807, 2.05) is 54.8 Å². The monoisotopic (exact) mass is 477 g/mol. The Hall–Kier alpha value is -3.23. The molecule has 4 rings (SSSR count). The van der Waals surface area contributed by atoms with Crippen molar-refractivity contribution < 1.29 is 9.59 Å². The second kappa shape index (κ2) is 9.72. The van der Waals surface area contributed by atoms with Gasteiger partial charge in [0.05, 0.1) is 17.2 Å². The third-order valence-corrected chi connectivity index (χ3v) is 7.25. The van der Waals surface area contributed by atoms with Crippen LogP contribution in [0.5, 0.6) is 0 Å². The summed E-state index contributed by atoms with van der Waals surface area (Å²) in [6.45, 7) is 3.37. The van der Waals surface area contributed by atoms with Gasteiger partial charge in [0, 0.05) is 30.5 Å². The summed E-state index contributed by atoms with van der Waals surface area (Å²) in [5.41, 5.74) is 3.25. The maximum Gasteiger partial charge on any atom is 0.263 e. The fourth-order valence-corrected chi connectivity index (χ4v) is 5.43. The lowest BCUT2D eigenvalue weighted by Crippen LogP contribution is -2.23. The van der Waals surface area contributed by atoms with Gasteiger partial charge in [0.2, 0.25) is 5.91 Å². The van der Waals surface area contributed by atoms with E-state index in [4.69, 9.17) is 0 Å². The summed E-state index contributed by atoms with van der Waals surface area (Å²) in [4.78, 5) is 42.4. The number of nitrogens with zero attached hydrogens (tertiary/aromatic N) is 2. The van der Waals surface area contributed by atoms with Crippen molar-refractivity contribution in [3.8, 4) is 11.1 Å². The molecule has 0 bridgehead atoms. The van der Waals surface area contributed by atoms with Gasteiger partial charge in [0.15, 0.2) is 10.9 Å². The number of nitrogens with one attached hydrogen (secondary N) is 1. The number of ketones is 1. The smallest absolute Gasteiger partial charge is 0.263 e. The molecule has 0 saturated heterocycles. The number of hydrogen-bond donors (Lipinski definition) is 1. The van der Waals surface area contributed by atoms with Crippen LogP contribution in [-0.2, 0) is 11.8 Å². The molecule has 0 aliphatic rings. The average Bonchev–Trinajstić information content (AvgIpc) is 3.24. The molecule has 4 aromatic rings. The Morgan fingerprint density at radius 3 is 2.48 bits per heavy atom. The number of thioether (sulfide) groups is 1. The molecule has 168 valence electrons. The van der Waals surface area contributed by atoms with Crippen molar-refractivity contribution in [3.63, 3.8) is 0 Å². The van der Waals surface area contributed by atoms with Crippen LogP contribution in [0, 0.1) is 0 Å². The Morgan fingerprint density at radius 2 is 1.82 bits per heavy atom. The average molecular weight is 478 g/mol. The van der Waals surface area contributed by atoms with Gasteiger partial charge in [0.25, 0.3) is 5.56 Å². The fraction of sp³-hybridized carbons (Fsp3) is 0.200. The maximum atomic E-state index is 13.1. The lowest BCUT2D eigenvalue weighted by atomic mass is 10.0. The minimum absolute atomic E-state index is 0.0516. The Bertz CT molecular complexity index is 1380. The number of Topliss-reactive ketones (excluding diaryl/α,β-unsaturated/α-hetero) is 1. The molecule has 1 N–H and O–H groups in total. The molecule has 2 heterocycles. The molecule has 6 nitrogen and oxygen atoms in total. The maximum absolute atomic E-state index is 13.1. The van der Waals surface area contributed by atoms with E-state index in [9.17, 15) is 14.4 Å². The summed E-state index contributed by atoms with van der Waals surface area (Å²) in [7, 11) is 1.69. The fourth-order valence-electron chi connectivity index (χ4n) is 3.57. The first-order valence-electron chi connectivity index (χ1n) is 10.4. The first-order chi connectivity index (χ1) is 15.8. The van der Waals surface area contributed by atoms with E-state index < -0.39 is 0 Å². The highest BCUT2D eigenvalue weighted by Crippen LogP contribution is 2.32. The number of amides is 1. The molecular weight excluding hydrogens is 454 g/mol. The SMILES string of the molecule is CC(=O)NC(C)c1ccc(C(=O)CSc2nc3scc(-c4ccccc4)c3c(=O)n2C)cc1. The minimum atomic E-state index is -0.127. The number of carbonyl (C=O) groups is 2. The number of benzene rings is 2. The highest BCUT2D eigenvalue weighted by atomic mass is 32.2. The Kier molecular flexibility index (Phi) is 6.76. The van der Waals surface area contributed by atoms with Crippen LogP contribution in [0.25, 0.3) is 21.3 Å². The second-order valence-corrected chi connectivity index (χ2v) is 9.51. The van der Waals surface area contributed by atoms with Crippen molar-refractivity contribution in [1.82, 2.24) is 14.9 Å². The summed E-state index contributed by atoms with van der Waals surface area (Å²) in [5, 5.41) is 5.90. The molecule has 0 aliphatic heterocycles. The van der Waals surface area contributed by atoms with Gasteiger partial charge in [-0.2, -0.15) is 0 Å². The summed E-state index contributed by atoms with van der Waals surface area (Å²) < 4.78 is 1.51. The standard InChI is InChI=1S/C25H23N3O3S2/c1-15(26-16(2)29)17-9-11-19(12-10-17)21(30)14-33-25-27-23-22(24(31)28(25)3)20(13-32-23)18-7-5-4-6-8-18/h4-13,15H,14H2,1-3H3,(H,26,29). The molecule has 2 aromatic carbocycles. The van der Waals surface area contributed by atoms with Gasteiger partial charge in [0.1, 0.15) is 4.83 Å². The van der Waals surface area contributed by atoms with E-state index in [-0.39, 0.29) is 29.0 Å². The van der Waals surface area contributed by atoms with E-state index in [0.717, 1.165) is 16.7 Å². The number of rotatable bonds is 7. The first kappa shape index (κ1) is 22.9. The first-order valence-corrected chi connectivity index (χ1v) is 12.3. The molecule has 8 heteroatoms. The van der Waals surface area contributed by atoms with Gasteiger partial charge in [-0.15, -0.1) is 11.3 Å². The highest BCUT2D eigenvalue weighted by Gasteiger charge is 2.17. The van der Waals surface area contributed by atoms with Crippen molar-refractivity contribution in [2.24, 2.45) is 7.05 Å². The van der Waals surface area contributed by atoms with Gasteiger partial charge >= 0.3 is 0 Å². The molecular formula is C25H23N3O3S2. The molecule has 0 spiro atoms. The number of hydrogen-bond acceptors (Lipinski definition) is 6. The molecule has 1 amide bonds. The predicted octanol–water partition coefficient (Wildman–Crippen LogP) is 4.83. The topological polar surface area (TPSA) is 81.1 Å². The lowest BCUT2D eigenvalue weighted by molar-refractivity contribution is -0.119. The molecule has 1 unspecified atom stereocenters. The summed E-state index contributed by atoms with van der Waals surface area (Å²) >= 11 is 2.69. The number of thiophene rings is 1. The quantitative estimate of drug-likeness (QED) is 0.234. The third kappa shape index (κ3) is 4.91. The largest absolute Gasteiger partial charge is 0.350 e. The van der Waals surface area contributed by atoms with Crippen LogP contribution in [0.15, 0.2) is 69.9 Å². The zero-order valence-corrected chi connectivity index (χ0v) is 20.1. The zero-order valence-electron chi connectivity index (χ0n) is 18.5. The Balaban J connectivity index is 1.52. The molecule has 0 aliphatic carbocycles. The number of carbonyl (C=O) groups excluding carboxylic acids is 2. The molecule has 0 radical (unpaired) electrons. The molecule has 0 saturated carbocycles. The summed E-state index contributed by atoms with van der Waals surface area (Å²) in [5.74, 6) is 0.0172. The second-order valence-electron chi connectivity index (χ2n) is 7.71. The third-order valence-electron chi connectivity index (χ3n) is 5.34. The predicted molar refractivity (Wildman–Crippen MR) is 134 cm³/mol. The van der Waals surface area contributed by atoms with E-state index in [0.29, 0.717) is 20.9 Å². The van der Waals surface area contributed by atoms with Crippen molar-refractivity contribution >= 4 is 45.0 Å². The van der Waals surface area contributed by atoms with E-state index in [2.05, 4.69) is 10.3 Å². The lowest BCUT2D eigenvalue weighted by Gasteiger charge is -2.13. The number of aromatic nitrogens is 2. The highest BCUT2D eigenvalue weighted by molar-refractivity contribution is 7.99. The van der Waals surface area contributed by atoms with Gasteiger partial charge in [-0.25, -0.2) is 4.98 Å². The Morgan fingerprint density at radius 1 is 1.12 bits per heavy atom. The van der Waals surface area contributed by atoms with E-state index >= 15 is 0 Å². The van der Waals surface area contributed by atoms with Gasteiger partial charge in [-0.1, -0.05) is 66.4 Å². The van der Waals surface area contributed by atoms with Crippen molar-refractivity contribution in [1.29, 1.82) is 0 Å². The van der Waals surface area contributed by atoms with E-state index in [1.54, 1.807) is 19.2 Å². The number of fused-ring (bicyclic) bond motifs is 1. The summed E-state index contributed by atoms with van der Waals surface area (Å²) in [6, 6.07) is 16.9. The van der Waals surface area contributed by atoms with Crippen LogP contribution >= 0.6 is 23.1 Å². The van der Waals surface area contributed by atoms with Crippen LogP contribution in [0.4, 0.5) is 0 Å². The van der Waals surface area contributed by atoms with Crippen LogP contribution in [-0.4, -0.2) is 27.0 Å². The molecule has 33 heavy (non-hydrogen) atoms. The zero-order chi connectivity index (χ0) is 23.5. The van der Waals surface area contributed by atoms with Crippen LogP contribution in [0.1, 0.15) is 35.8 Å². The van der Waals surface area contributed by atoms with Crippen LogP contribution in [0.3, 0.4) is 0 Å². The normalized spacial score (nSPS) is 12.0. The molecule has 1 atom stereocenters. The van der Waals surface area contributed by atoms with Crippen molar-refractivity contribution in [2.75, 3.05) is 5.75 Å². The molecule has 2 aromatic heterocycles. The van der Waals surface area contributed by atoms with E-state index in [1.165, 1.54) is 34.6 Å². The van der Waals surface area contributed by atoms with Crippen molar-refractivity contribution in [3.05, 3.63) is 81.5 Å². The van der Waals surface area contributed by atoms with Gasteiger partial charge in [-0.3, -0.25) is 19.0 Å². The Labute approximate surface area is 199 Å². The van der Waals surface area contributed by atoms with Crippen molar-refractivity contribution in [2.45, 2.75) is 25.0 Å². The van der Waals surface area contributed by atoms with Crippen LogP contribution in [0.2, 0.25) is 0 Å². The van der Waals surface area contributed by atoms with Crippen LogP contribution < -0.4 is 10.9 Å². The van der Waals surface area contributed by atoms with Gasteiger partial charge < -0.3 is 5.32 Å². The minimum Gasteiger partial charge on any atom is -0.350 e.